The van der Waals surface area contributed by atoms with Gasteiger partial charge in [0.15, 0.2) is 6.61 Å². The Hall–Kier alpha value is -1.99. The van der Waals surface area contributed by atoms with E-state index < -0.39 is 12.1 Å². The predicted molar refractivity (Wildman–Crippen MR) is 115 cm³/mol. The van der Waals surface area contributed by atoms with E-state index in [1.54, 1.807) is 43.3 Å². The van der Waals surface area contributed by atoms with E-state index >= 15 is 0 Å². The van der Waals surface area contributed by atoms with Gasteiger partial charge >= 0.3 is 5.97 Å². The molecule has 2 aromatic carbocycles. The topological polar surface area (TPSA) is 88.0 Å². The van der Waals surface area contributed by atoms with Crippen molar-refractivity contribution < 1.29 is 24.5 Å². The molecule has 0 bridgehead atoms. The molecule has 0 radical (unpaired) electrons. The van der Waals surface area contributed by atoms with E-state index in [1.165, 1.54) is 0 Å². The quantitative estimate of drug-likeness (QED) is 0.485. The molecule has 160 valence electrons. The zero-order valence-corrected chi connectivity index (χ0v) is 18.0. The number of aliphatic hydroxyl groups is 1. The lowest BCUT2D eigenvalue weighted by Gasteiger charge is -2.21. The molecule has 0 saturated carbocycles. The summed E-state index contributed by atoms with van der Waals surface area (Å²) in [6.45, 7) is 4.42. The maximum atomic E-state index is 11.3. The summed E-state index contributed by atoms with van der Waals surface area (Å²) in [5.41, 5.74) is 1.67. The fourth-order valence-electron chi connectivity index (χ4n) is 2.67. The van der Waals surface area contributed by atoms with Crippen LogP contribution in [0.25, 0.3) is 0 Å². The van der Waals surface area contributed by atoms with Gasteiger partial charge in [-0.05, 0) is 62.2 Å². The number of aliphatic hydroxyl groups excluding tert-OH is 1. The van der Waals surface area contributed by atoms with E-state index in [0.717, 1.165) is 11.1 Å². The molecule has 0 aliphatic heterocycles. The Bertz CT molecular complexity index is 770. The Morgan fingerprint density at radius 1 is 1.21 bits per heavy atom. The second-order valence-electron chi connectivity index (χ2n) is 6.38. The van der Waals surface area contributed by atoms with Crippen LogP contribution in [0, 0.1) is 0 Å². The average molecular weight is 444 g/mol. The summed E-state index contributed by atoms with van der Waals surface area (Å²) in [4.78, 5) is 11.3. The minimum atomic E-state index is -0.685. The van der Waals surface area contributed by atoms with E-state index in [-0.39, 0.29) is 30.8 Å². The number of hydrogen-bond acceptors (Lipinski definition) is 6. The highest BCUT2D eigenvalue weighted by molar-refractivity contribution is 6.31. The molecule has 3 N–H and O–H groups in total. The first-order valence-corrected chi connectivity index (χ1v) is 9.55. The summed E-state index contributed by atoms with van der Waals surface area (Å²) >= 11 is 6.30. The normalized spacial score (nSPS) is 12.6. The number of ether oxygens (including phenoxy) is 2. The number of benzene rings is 2. The van der Waals surface area contributed by atoms with E-state index in [4.69, 9.17) is 21.1 Å². The third kappa shape index (κ3) is 8.11. The van der Waals surface area contributed by atoms with Crippen molar-refractivity contribution in [2.75, 3.05) is 19.8 Å². The SMILES string of the molecule is CCOC(=O)COc1ccc(CCN[C@@H](C)[C@@H](O)c2ccc(O)cc2)c(Cl)c1.Cl. The van der Waals surface area contributed by atoms with Crippen molar-refractivity contribution in [1.29, 1.82) is 0 Å². The number of nitrogens with one attached hydrogen (secondary N) is 1. The summed E-state index contributed by atoms with van der Waals surface area (Å²) in [7, 11) is 0. The number of phenolic OH excluding ortho intramolecular Hbond substituents is 1. The molecule has 0 aliphatic rings. The molecule has 2 rings (SSSR count). The van der Waals surface area contributed by atoms with Crippen molar-refractivity contribution in [2.45, 2.75) is 32.4 Å². The van der Waals surface area contributed by atoms with Crippen molar-refractivity contribution in [3.8, 4) is 11.5 Å². The maximum Gasteiger partial charge on any atom is 0.344 e. The highest BCUT2D eigenvalue weighted by Gasteiger charge is 2.16. The van der Waals surface area contributed by atoms with E-state index in [9.17, 15) is 15.0 Å². The number of carbonyl (C=O) groups excluding carboxylic acids is 1. The number of phenols is 1. The van der Waals surface area contributed by atoms with Crippen LogP contribution in [0.4, 0.5) is 0 Å². The fraction of sp³-hybridized carbons (Fsp3) is 0.381. The van der Waals surface area contributed by atoms with Crippen LogP contribution in [0.15, 0.2) is 42.5 Å². The third-order valence-corrected chi connectivity index (χ3v) is 4.61. The number of hydrogen-bond donors (Lipinski definition) is 3. The molecule has 2 aromatic rings. The molecule has 8 heteroatoms. The fourth-order valence-corrected chi connectivity index (χ4v) is 2.94. The number of rotatable bonds is 10. The summed E-state index contributed by atoms with van der Waals surface area (Å²) in [6, 6.07) is 11.6. The zero-order valence-electron chi connectivity index (χ0n) is 16.4. The Morgan fingerprint density at radius 2 is 1.90 bits per heavy atom. The summed E-state index contributed by atoms with van der Waals surface area (Å²) in [5, 5.41) is 23.5. The maximum absolute atomic E-state index is 11.3. The van der Waals surface area contributed by atoms with Gasteiger partial charge in [0.1, 0.15) is 11.5 Å². The molecule has 0 spiro atoms. The van der Waals surface area contributed by atoms with Crippen molar-refractivity contribution in [2.24, 2.45) is 0 Å². The minimum Gasteiger partial charge on any atom is -0.508 e. The van der Waals surface area contributed by atoms with Gasteiger partial charge in [0, 0.05) is 11.1 Å². The highest BCUT2D eigenvalue weighted by Crippen LogP contribution is 2.23. The van der Waals surface area contributed by atoms with Crippen LogP contribution in [0.3, 0.4) is 0 Å². The minimum absolute atomic E-state index is 0. The number of carbonyl (C=O) groups is 1. The van der Waals surface area contributed by atoms with Gasteiger partial charge in [0.05, 0.1) is 12.7 Å². The molecule has 0 saturated heterocycles. The zero-order chi connectivity index (χ0) is 20.5. The molecule has 2 atom stereocenters. The molecule has 0 heterocycles. The van der Waals surface area contributed by atoms with Crippen LogP contribution in [0.1, 0.15) is 31.1 Å². The van der Waals surface area contributed by atoms with E-state index in [0.29, 0.717) is 30.3 Å². The van der Waals surface area contributed by atoms with Gasteiger partial charge in [0.2, 0.25) is 0 Å². The molecule has 0 aliphatic carbocycles. The standard InChI is InChI=1S/C21H26ClNO5.ClH/c1-3-27-20(25)13-28-18-9-6-15(19(22)12-18)10-11-23-14(2)21(26)16-4-7-17(24)8-5-16;/h4-9,12,14,21,23-24,26H,3,10-11,13H2,1-2H3;1H/t14-,21+;/m0./s1. The lowest BCUT2D eigenvalue weighted by atomic mass is 10.0. The molecule has 0 aromatic heterocycles. The second-order valence-corrected chi connectivity index (χ2v) is 6.78. The number of esters is 1. The van der Waals surface area contributed by atoms with Crippen molar-refractivity contribution >= 4 is 30.0 Å². The smallest absolute Gasteiger partial charge is 0.344 e. The first kappa shape index (κ1) is 25.0. The van der Waals surface area contributed by atoms with Crippen molar-refractivity contribution in [3.63, 3.8) is 0 Å². The molecular formula is C21H27Cl2NO5. The van der Waals surface area contributed by atoms with Gasteiger partial charge in [-0.15, -0.1) is 12.4 Å². The lowest BCUT2D eigenvalue weighted by molar-refractivity contribution is -0.145. The number of aromatic hydroxyl groups is 1. The van der Waals surface area contributed by atoms with Crippen LogP contribution in [0.2, 0.25) is 5.02 Å². The molecule has 29 heavy (non-hydrogen) atoms. The number of halogens is 2. The Labute approximate surface area is 182 Å². The van der Waals surface area contributed by atoms with Crippen molar-refractivity contribution in [1.82, 2.24) is 5.32 Å². The molecule has 0 amide bonds. The van der Waals surface area contributed by atoms with Crippen LogP contribution >= 0.6 is 24.0 Å². The third-order valence-electron chi connectivity index (χ3n) is 4.26. The molecule has 6 nitrogen and oxygen atoms in total. The highest BCUT2D eigenvalue weighted by atomic mass is 35.5. The predicted octanol–water partition coefficient (Wildman–Crippen LogP) is 3.66. The van der Waals surface area contributed by atoms with Crippen LogP contribution < -0.4 is 10.1 Å². The largest absolute Gasteiger partial charge is 0.508 e. The van der Waals surface area contributed by atoms with Gasteiger partial charge in [-0.2, -0.15) is 0 Å². The van der Waals surface area contributed by atoms with Crippen LogP contribution in [-0.4, -0.2) is 42.0 Å². The monoisotopic (exact) mass is 443 g/mol. The molecule has 0 unspecified atom stereocenters. The van der Waals surface area contributed by atoms with E-state index in [2.05, 4.69) is 5.32 Å². The first-order valence-electron chi connectivity index (χ1n) is 9.18. The molecular weight excluding hydrogens is 417 g/mol. The van der Waals surface area contributed by atoms with Gasteiger partial charge in [-0.25, -0.2) is 4.79 Å². The Kier molecular flexibility index (Phi) is 10.8. The van der Waals surface area contributed by atoms with Gasteiger partial charge in [0.25, 0.3) is 0 Å². The van der Waals surface area contributed by atoms with Gasteiger partial charge < -0.3 is 25.0 Å². The lowest BCUT2D eigenvalue weighted by Crippen LogP contribution is -2.33. The van der Waals surface area contributed by atoms with Crippen molar-refractivity contribution in [3.05, 3.63) is 58.6 Å². The second kappa shape index (κ2) is 12.5. The summed E-state index contributed by atoms with van der Waals surface area (Å²) in [6.07, 6.45) is -0.0152. The summed E-state index contributed by atoms with van der Waals surface area (Å²) < 4.78 is 10.2. The van der Waals surface area contributed by atoms with Crippen LogP contribution in [-0.2, 0) is 16.0 Å². The average Bonchev–Trinajstić information content (AvgIpc) is 2.68. The molecule has 0 fully saturated rings. The van der Waals surface area contributed by atoms with E-state index in [1.807, 2.05) is 13.0 Å². The first-order chi connectivity index (χ1) is 13.4. The summed E-state index contributed by atoms with van der Waals surface area (Å²) in [5.74, 6) is 0.250. The van der Waals surface area contributed by atoms with Gasteiger partial charge in [-0.3, -0.25) is 0 Å². The Balaban J connectivity index is 0.00000420. The van der Waals surface area contributed by atoms with Gasteiger partial charge in [-0.1, -0.05) is 29.8 Å². The van der Waals surface area contributed by atoms with Crippen LogP contribution in [0.5, 0.6) is 11.5 Å². The Morgan fingerprint density at radius 3 is 2.52 bits per heavy atom.